The first-order valence-corrected chi connectivity index (χ1v) is 8.96. The highest BCUT2D eigenvalue weighted by atomic mass is 32.2. The molecule has 2 aromatic carbocycles. The molecule has 0 aromatic heterocycles. The number of nitrogens with one attached hydrogen (secondary N) is 1. The van der Waals surface area contributed by atoms with Crippen molar-refractivity contribution in [3.05, 3.63) is 59.4 Å². The summed E-state index contributed by atoms with van der Waals surface area (Å²) in [7, 11) is -3.39. The SMILES string of the molecule is O=C(Nc1cccc(N2CCCS2(=O)=O)c1)c1ccc(F)c(F)c1F. The van der Waals surface area contributed by atoms with Crippen molar-refractivity contribution in [2.45, 2.75) is 6.42 Å². The van der Waals surface area contributed by atoms with Crippen LogP contribution in [0.1, 0.15) is 16.8 Å². The zero-order valence-corrected chi connectivity index (χ0v) is 13.6. The Morgan fingerprint density at radius 3 is 2.52 bits per heavy atom. The Hall–Kier alpha value is -2.55. The summed E-state index contributed by atoms with van der Waals surface area (Å²) in [4.78, 5) is 12.1. The van der Waals surface area contributed by atoms with Crippen molar-refractivity contribution in [2.24, 2.45) is 0 Å². The number of amides is 1. The van der Waals surface area contributed by atoms with Gasteiger partial charge in [-0.15, -0.1) is 0 Å². The highest BCUT2D eigenvalue weighted by molar-refractivity contribution is 7.93. The number of hydrogen-bond donors (Lipinski definition) is 1. The Balaban J connectivity index is 1.86. The van der Waals surface area contributed by atoms with Crippen LogP contribution < -0.4 is 9.62 Å². The molecule has 25 heavy (non-hydrogen) atoms. The second-order valence-electron chi connectivity index (χ2n) is 5.47. The van der Waals surface area contributed by atoms with Gasteiger partial charge in [0.25, 0.3) is 5.91 Å². The Labute approximate surface area is 142 Å². The molecule has 0 bridgehead atoms. The summed E-state index contributed by atoms with van der Waals surface area (Å²) in [5.74, 6) is -5.64. The van der Waals surface area contributed by atoms with Crippen molar-refractivity contribution < 1.29 is 26.4 Å². The van der Waals surface area contributed by atoms with E-state index in [9.17, 15) is 26.4 Å². The van der Waals surface area contributed by atoms with Crippen LogP contribution in [-0.2, 0) is 10.0 Å². The lowest BCUT2D eigenvalue weighted by Gasteiger charge is -2.17. The number of halogens is 3. The van der Waals surface area contributed by atoms with E-state index in [2.05, 4.69) is 5.32 Å². The third-order valence-electron chi connectivity index (χ3n) is 3.77. The average molecular weight is 370 g/mol. The molecule has 0 saturated carbocycles. The van der Waals surface area contributed by atoms with Crippen LogP contribution in [0.4, 0.5) is 24.5 Å². The molecule has 1 N–H and O–H groups in total. The van der Waals surface area contributed by atoms with Crippen molar-refractivity contribution in [1.29, 1.82) is 0 Å². The van der Waals surface area contributed by atoms with Gasteiger partial charge < -0.3 is 5.32 Å². The summed E-state index contributed by atoms with van der Waals surface area (Å²) in [5, 5.41) is 2.35. The van der Waals surface area contributed by atoms with Gasteiger partial charge in [0.2, 0.25) is 10.0 Å². The van der Waals surface area contributed by atoms with Crippen molar-refractivity contribution in [3.8, 4) is 0 Å². The van der Waals surface area contributed by atoms with Gasteiger partial charge in [0.1, 0.15) is 0 Å². The molecule has 1 amide bonds. The fourth-order valence-electron chi connectivity index (χ4n) is 2.57. The van der Waals surface area contributed by atoms with Gasteiger partial charge >= 0.3 is 0 Å². The van der Waals surface area contributed by atoms with E-state index in [4.69, 9.17) is 0 Å². The lowest BCUT2D eigenvalue weighted by molar-refractivity contribution is 0.102. The molecule has 0 unspecified atom stereocenters. The van der Waals surface area contributed by atoms with Gasteiger partial charge in [-0.05, 0) is 36.8 Å². The van der Waals surface area contributed by atoms with Crippen LogP contribution in [0.2, 0.25) is 0 Å². The lowest BCUT2D eigenvalue weighted by Crippen LogP contribution is -2.25. The van der Waals surface area contributed by atoms with Gasteiger partial charge in [-0.3, -0.25) is 9.10 Å². The standard InChI is InChI=1S/C16H13F3N2O3S/c17-13-6-5-12(14(18)15(13)19)16(22)20-10-3-1-4-11(9-10)21-7-2-8-25(21,23)24/h1,3-6,9H,2,7-8H2,(H,20,22). The predicted octanol–water partition coefficient (Wildman–Crippen LogP) is 2.90. The summed E-state index contributed by atoms with van der Waals surface area (Å²) >= 11 is 0. The number of sulfonamides is 1. The van der Waals surface area contributed by atoms with Crippen LogP contribution >= 0.6 is 0 Å². The van der Waals surface area contributed by atoms with E-state index in [1.807, 2.05) is 0 Å². The molecule has 2 aromatic rings. The summed E-state index contributed by atoms with van der Waals surface area (Å²) in [6, 6.07) is 7.47. The minimum absolute atomic E-state index is 0.0453. The van der Waals surface area contributed by atoms with Crippen LogP contribution in [0.15, 0.2) is 36.4 Å². The van der Waals surface area contributed by atoms with Gasteiger partial charge in [0.05, 0.1) is 17.0 Å². The number of carbonyl (C=O) groups excluding carboxylic acids is 1. The minimum Gasteiger partial charge on any atom is -0.322 e. The van der Waals surface area contributed by atoms with Crippen molar-refractivity contribution in [3.63, 3.8) is 0 Å². The van der Waals surface area contributed by atoms with E-state index in [0.717, 1.165) is 6.07 Å². The number of benzene rings is 2. The summed E-state index contributed by atoms with van der Waals surface area (Å²) in [5.41, 5.74) is -0.0899. The number of hydrogen-bond acceptors (Lipinski definition) is 3. The highest BCUT2D eigenvalue weighted by Crippen LogP contribution is 2.27. The van der Waals surface area contributed by atoms with E-state index in [1.54, 1.807) is 6.07 Å². The molecule has 0 radical (unpaired) electrons. The quantitative estimate of drug-likeness (QED) is 0.845. The molecule has 1 heterocycles. The number of rotatable bonds is 3. The van der Waals surface area contributed by atoms with Gasteiger partial charge in [-0.25, -0.2) is 21.6 Å². The third kappa shape index (κ3) is 3.32. The normalized spacial score (nSPS) is 16.0. The molecule has 9 heteroatoms. The maximum Gasteiger partial charge on any atom is 0.258 e. The average Bonchev–Trinajstić information content (AvgIpc) is 2.92. The largest absolute Gasteiger partial charge is 0.322 e. The summed E-state index contributed by atoms with van der Waals surface area (Å²) < 4.78 is 65.0. The van der Waals surface area contributed by atoms with Gasteiger partial charge in [-0.2, -0.15) is 0 Å². The number of nitrogens with zero attached hydrogens (tertiary/aromatic N) is 1. The zero-order valence-electron chi connectivity index (χ0n) is 12.8. The Bertz CT molecular complexity index is 948. The topological polar surface area (TPSA) is 66.5 Å². The molecule has 1 fully saturated rings. The third-order valence-corrected chi connectivity index (χ3v) is 5.64. The second-order valence-corrected chi connectivity index (χ2v) is 7.48. The molecule has 1 aliphatic rings. The molecule has 132 valence electrons. The molecule has 0 aliphatic carbocycles. The van der Waals surface area contributed by atoms with Gasteiger partial charge in [0, 0.05) is 12.2 Å². The zero-order chi connectivity index (χ0) is 18.2. The molecule has 1 saturated heterocycles. The maximum absolute atomic E-state index is 13.7. The predicted molar refractivity (Wildman–Crippen MR) is 86.5 cm³/mol. The lowest BCUT2D eigenvalue weighted by atomic mass is 10.1. The Kier molecular flexibility index (Phi) is 4.42. The first-order chi connectivity index (χ1) is 11.8. The first-order valence-electron chi connectivity index (χ1n) is 7.35. The van der Waals surface area contributed by atoms with E-state index in [0.29, 0.717) is 24.7 Å². The van der Waals surface area contributed by atoms with Gasteiger partial charge in [0.15, 0.2) is 17.5 Å². The van der Waals surface area contributed by atoms with E-state index in [-0.39, 0.29) is 11.4 Å². The number of carbonyl (C=O) groups is 1. The monoisotopic (exact) mass is 370 g/mol. The highest BCUT2D eigenvalue weighted by Gasteiger charge is 2.28. The van der Waals surface area contributed by atoms with Crippen LogP contribution in [0.25, 0.3) is 0 Å². The molecule has 0 spiro atoms. The first kappa shape index (κ1) is 17.3. The molecular formula is C16H13F3N2O3S. The minimum atomic E-state index is -3.39. The van der Waals surface area contributed by atoms with Crippen LogP contribution in [-0.4, -0.2) is 26.6 Å². The van der Waals surface area contributed by atoms with Crippen LogP contribution in [0.5, 0.6) is 0 Å². The number of anilines is 2. The van der Waals surface area contributed by atoms with E-state index >= 15 is 0 Å². The fourth-order valence-corrected chi connectivity index (χ4v) is 4.12. The summed E-state index contributed by atoms with van der Waals surface area (Å²) in [6.45, 7) is 0.331. The smallest absolute Gasteiger partial charge is 0.258 e. The summed E-state index contributed by atoms with van der Waals surface area (Å²) in [6.07, 6.45) is 0.499. The van der Waals surface area contributed by atoms with Crippen molar-refractivity contribution in [2.75, 3.05) is 21.9 Å². The Morgan fingerprint density at radius 1 is 1.08 bits per heavy atom. The fraction of sp³-hybridized carbons (Fsp3) is 0.188. The maximum atomic E-state index is 13.7. The molecule has 0 atom stereocenters. The van der Waals surface area contributed by atoms with E-state index < -0.39 is 38.9 Å². The van der Waals surface area contributed by atoms with Crippen molar-refractivity contribution in [1.82, 2.24) is 0 Å². The molecule has 1 aliphatic heterocycles. The molecular weight excluding hydrogens is 357 g/mol. The van der Waals surface area contributed by atoms with Gasteiger partial charge in [-0.1, -0.05) is 6.07 Å². The molecule has 5 nitrogen and oxygen atoms in total. The van der Waals surface area contributed by atoms with E-state index in [1.165, 1.54) is 22.5 Å². The van der Waals surface area contributed by atoms with Crippen molar-refractivity contribution >= 4 is 27.3 Å². The Morgan fingerprint density at radius 2 is 1.84 bits per heavy atom. The van der Waals surface area contributed by atoms with Crippen LogP contribution in [0.3, 0.4) is 0 Å². The molecule has 3 rings (SSSR count). The second kappa shape index (κ2) is 6.40. The van der Waals surface area contributed by atoms with Crippen LogP contribution in [0, 0.1) is 17.5 Å².